The molecule has 1 aromatic rings. The summed E-state index contributed by atoms with van der Waals surface area (Å²) < 4.78 is 0. The van der Waals surface area contributed by atoms with Crippen LogP contribution in [0.15, 0.2) is 18.2 Å². The molecule has 1 N–H and O–H groups in total. The molecule has 3 heteroatoms. The molecule has 0 saturated carbocycles. The van der Waals surface area contributed by atoms with Gasteiger partial charge >= 0.3 is 0 Å². The fourth-order valence-corrected chi connectivity index (χ4v) is 2.50. The fraction of sp³-hybridized carbons (Fsp3) is 0.538. The van der Waals surface area contributed by atoms with Crippen molar-refractivity contribution in [2.75, 3.05) is 32.7 Å². The monoisotopic (exact) mass is 238 g/mol. The molecule has 1 saturated heterocycles. The second-order valence-electron chi connectivity index (χ2n) is 4.38. The Hall–Kier alpha value is -0.570. The van der Waals surface area contributed by atoms with Crippen molar-refractivity contribution in [1.29, 1.82) is 0 Å². The van der Waals surface area contributed by atoms with Crippen LogP contribution in [0.1, 0.15) is 11.1 Å². The summed E-state index contributed by atoms with van der Waals surface area (Å²) in [5.74, 6) is 0. The summed E-state index contributed by atoms with van der Waals surface area (Å²) in [6.45, 7) is 7.79. The molecule has 88 valence electrons. The van der Waals surface area contributed by atoms with E-state index >= 15 is 0 Å². The van der Waals surface area contributed by atoms with E-state index in [1.165, 1.54) is 11.1 Å². The summed E-state index contributed by atoms with van der Waals surface area (Å²) in [6.07, 6.45) is 1.06. The molecule has 0 aliphatic carbocycles. The number of piperazine rings is 1. The summed E-state index contributed by atoms with van der Waals surface area (Å²) >= 11 is 6.22. The van der Waals surface area contributed by atoms with E-state index in [1.807, 2.05) is 12.1 Å². The van der Waals surface area contributed by atoms with E-state index in [4.69, 9.17) is 11.6 Å². The van der Waals surface area contributed by atoms with E-state index in [0.29, 0.717) is 0 Å². The minimum Gasteiger partial charge on any atom is -0.314 e. The van der Waals surface area contributed by atoms with Gasteiger partial charge in [-0.1, -0.05) is 23.7 Å². The van der Waals surface area contributed by atoms with E-state index in [9.17, 15) is 0 Å². The third kappa shape index (κ3) is 2.97. The van der Waals surface area contributed by atoms with Gasteiger partial charge in [0.05, 0.1) is 0 Å². The third-order valence-corrected chi connectivity index (χ3v) is 3.59. The molecule has 1 fully saturated rings. The SMILES string of the molecule is Cc1cccc(Cl)c1CCN1CCNCC1. The number of hydrogen-bond donors (Lipinski definition) is 1. The van der Waals surface area contributed by atoms with Crippen molar-refractivity contribution in [1.82, 2.24) is 10.2 Å². The molecule has 2 rings (SSSR count). The Labute approximate surface area is 103 Å². The van der Waals surface area contributed by atoms with Crippen molar-refractivity contribution in [2.24, 2.45) is 0 Å². The first kappa shape index (κ1) is 11.9. The molecule has 0 bridgehead atoms. The smallest absolute Gasteiger partial charge is 0.0441 e. The van der Waals surface area contributed by atoms with Crippen LogP contribution >= 0.6 is 11.6 Å². The van der Waals surface area contributed by atoms with Crippen LogP contribution in [0.25, 0.3) is 0 Å². The normalized spacial score (nSPS) is 17.6. The average Bonchev–Trinajstić information content (AvgIpc) is 2.30. The Balaban J connectivity index is 1.93. The molecular formula is C13H19ClN2. The molecule has 1 aromatic carbocycles. The quantitative estimate of drug-likeness (QED) is 0.868. The Bertz CT molecular complexity index is 326. The van der Waals surface area contributed by atoms with Gasteiger partial charge in [0.2, 0.25) is 0 Å². The van der Waals surface area contributed by atoms with Gasteiger partial charge in [0.15, 0.2) is 0 Å². The average molecular weight is 239 g/mol. The largest absolute Gasteiger partial charge is 0.314 e. The minimum atomic E-state index is 0.912. The first-order chi connectivity index (χ1) is 7.77. The van der Waals surface area contributed by atoms with Crippen molar-refractivity contribution in [3.05, 3.63) is 34.3 Å². The fourth-order valence-electron chi connectivity index (χ4n) is 2.19. The molecule has 0 amide bonds. The first-order valence-electron chi connectivity index (χ1n) is 5.94. The lowest BCUT2D eigenvalue weighted by atomic mass is 10.1. The minimum absolute atomic E-state index is 0.912. The van der Waals surface area contributed by atoms with Crippen LogP contribution in [0.2, 0.25) is 5.02 Å². The van der Waals surface area contributed by atoms with Crippen LogP contribution in [0.3, 0.4) is 0 Å². The standard InChI is InChI=1S/C13H19ClN2/c1-11-3-2-4-13(14)12(11)5-8-16-9-6-15-7-10-16/h2-4,15H,5-10H2,1H3. The van der Waals surface area contributed by atoms with Gasteiger partial charge in [0.25, 0.3) is 0 Å². The van der Waals surface area contributed by atoms with Crippen LogP contribution < -0.4 is 5.32 Å². The lowest BCUT2D eigenvalue weighted by Gasteiger charge is -2.27. The number of hydrogen-bond acceptors (Lipinski definition) is 2. The van der Waals surface area contributed by atoms with Gasteiger partial charge in [-0.2, -0.15) is 0 Å². The summed E-state index contributed by atoms with van der Waals surface area (Å²) in [4.78, 5) is 2.50. The maximum Gasteiger partial charge on any atom is 0.0441 e. The van der Waals surface area contributed by atoms with E-state index in [2.05, 4.69) is 23.2 Å². The van der Waals surface area contributed by atoms with Crippen LogP contribution in [0.4, 0.5) is 0 Å². The van der Waals surface area contributed by atoms with Crippen molar-refractivity contribution in [3.8, 4) is 0 Å². The molecule has 2 nitrogen and oxygen atoms in total. The zero-order valence-corrected chi connectivity index (χ0v) is 10.6. The molecule has 0 atom stereocenters. The second-order valence-corrected chi connectivity index (χ2v) is 4.78. The molecular weight excluding hydrogens is 220 g/mol. The highest BCUT2D eigenvalue weighted by Gasteiger charge is 2.10. The van der Waals surface area contributed by atoms with Crippen LogP contribution in [-0.2, 0) is 6.42 Å². The van der Waals surface area contributed by atoms with Gasteiger partial charge in [-0.25, -0.2) is 0 Å². The van der Waals surface area contributed by atoms with E-state index < -0.39 is 0 Å². The van der Waals surface area contributed by atoms with Crippen molar-refractivity contribution >= 4 is 11.6 Å². The van der Waals surface area contributed by atoms with Crippen LogP contribution in [0.5, 0.6) is 0 Å². The zero-order chi connectivity index (χ0) is 11.4. The molecule has 1 aliphatic heterocycles. The number of halogens is 1. The van der Waals surface area contributed by atoms with Crippen molar-refractivity contribution < 1.29 is 0 Å². The topological polar surface area (TPSA) is 15.3 Å². The molecule has 16 heavy (non-hydrogen) atoms. The summed E-state index contributed by atoms with van der Waals surface area (Å²) in [5.41, 5.74) is 2.62. The predicted molar refractivity (Wildman–Crippen MR) is 69.2 cm³/mol. The number of aryl methyl sites for hydroxylation is 1. The van der Waals surface area contributed by atoms with Crippen LogP contribution in [-0.4, -0.2) is 37.6 Å². The van der Waals surface area contributed by atoms with Gasteiger partial charge in [-0.05, 0) is 30.5 Å². The molecule has 1 heterocycles. The lowest BCUT2D eigenvalue weighted by Crippen LogP contribution is -2.44. The maximum absolute atomic E-state index is 6.22. The number of nitrogens with zero attached hydrogens (tertiary/aromatic N) is 1. The maximum atomic E-state index is 6.22. The Kier molecular flexibility index (Phi) is 4.22. The van der Waals surface area contributed by atoms with E-state index in [0.717, 1.165) is 44.2 Å². The third-order valence-electron chi connectivity index (χ3n) is 3.24. The molecule has 1 aliphatic rings. The number of benzene rings is 1. The highest BCUT2D eigenvalue weighted by atomic mass is 35.5. The molecule has 0 aromatic heterocycles. The van der Waals surface area contributed by atoms with Crippen molar-refractivity contribution in [3.63, 3.8) is 0 Å². The Morgan fingerprint density at radius 2 is 2.06 bits per heavy atom. The Morgan fingerprint density at radius 1 is 1.31 bits per heavy atom. The highest BCUT2D eigenvalue weighted by molar-refractivity contribution is 6.31. The van der Waals surface area contributed by atoms with E-state index in [1.54, 1.807) is 0 Å². The number of rotatable bonds is 3. The molecule has 0 unspecified atom stereocenters. The summed E-state index contributed by atoms with van der Waals surface area (Å²) in [7, 11) is 0. The molecule has 0 radical (unpaired) electrons. The van der Waals surface area contributed by atoms with Gasteiger partial charge in [-0.15, -0.1) is 0 Å². The summed E-state index contributed by atoms with van der Waals surface area (Å²) in [5, 5.41) is 4.28. The van der Waals surface area contributed by atoms with Gasteiger partial charge < -0.3 is 10.2 Å². The Morgan fingerprint density at radius 3 is 2.75 bits per heavy atom. The predicted octanol–water partition coefficient (Wildman–Crippen LogP) is 2.10. The van der Waals surface area contributed by atoms with Gasteiger partial charge in [0.1, 0.15) is 0 Å². The van der Waals surface area contributed by atoms with Crippen molar-refractivity contribution in [2.45, 2.75) is 13.3 Å². The summed E-state index contributed by atoms with van der Waals surface area (Å²) in [6, 6.07) is 6.15. The zero-order valence-electron chi connectivity index (χ0n) is 9.80. The molecule has 0 spiro atoms. The van der Waals surface area contributed by atoms with E-state index in [-0.39, 0.29) is 0 Å². The van der Waals surface area contributed by atoms with Crippen LogP contribution in [0, 0.1) is 6.92 Å². The lowest BCUT2D eigenvalue weighted by molar-refractivity contribution is 0.244. The van der Waals surface area contributed by atoms with Gasteiger partial charge in [0, 0.05) is 37.7 Å². The first-order valence-corrected chi connectivity index (χ1v) is 6.32. The number of nitrogens with one attached hydrogen (secondary N) is 1. The van der Waals surface area contributed by atoms with Gasteiger partial charge in [-0.3, -0.25) is 0 Å². The highest BCUT2D eigenvalue weighted by Crippen LogP contribution is 2.20. The second kappa shape index (κ2) is 5.67.